The summed E-state index contributed by atoms with van der Waals surface area (Å²) in [6.07, 6.45) is 7.19. The molecule has 134 valence electrons. The fourth-order valence-electron chi connectivity index (χ4n) is 3.35. The first kappa shape index (κ1) is 17.9. The lowest BCUT2D eigenvalue weighted by Crippen LogP contribution is -2.07. The molecule has 0 amide bonds. The summed E-state index contributed by atoms with van der Waals surface area (Å²) in [6, 6.07) is 5.72. The first-order valence-corrected chi connectivity index (χ1v) is 9.05. The van der Waals surface area contributed by atoms with Crippen LogP contribution in [0.4, 0.5) is 5.82 Å². The zero-order chi connectivity index (χ0) is 18.5. The SMILES string of the molecule is C#[N+]CCCCCCc1c(C)nc2nc(-c3ccccn3)c(N)n2c1C. The number of nitrogens with zero attached hydrogens (tertiary/aromatic N) is 5. The molecule has 0 unspecified atom stereocenters. The van der Waals surface area contributed by atoms with Gasteiger partial charge in [-0.2, -0.15) is 0 Å². The molecule has 26 heavy (non-hydrogen) atoms. The van der Waals surface area contributed by atoms with E-state index in [1.807, 2.05) is 29.5 Å². The number of unbranched alkanes of at least 4 members (excludes halogenated alkanes) is 3. The number of hydrogen-bond donors (Lipinski definition) is 1. The molecule has 3 aromatic heterocycles. The fourth-order valence-corrected chi connectivity index (χ4v) is 3.35. The van der Waals surface area contributed by atoms with Crippen LogP contribution in [0.25, 0.3) is 22.0 Å². The van der Waals surface area contributed by atoms with Crippen LogP contribution in [0.5, 0.6) is 0 Å². The molecule has 6 nitrogen and oxygen atoms in total. The van der Waals surface area contributed by atoms with Crippen molar-refractivity contribution < 1.29 is 0 Å². The number of hydrogen-bond acceptors (Lipinski definition) is 4. The van der Waals surface area contributed by atoms with Crippen LogP contribution in [0.1, 0.15) is 42.6 Å². The third-order valence-electron chi connectivity index (χ3n) is 4.74. The lowest BCUT2D eigenvalue weighted by atomic mass is 10.0. The molecule has 2 N–H and O–H groups in total. The Labute approximate surface area is 153 Å². The summed E-state index contributed by atoms with van der Waals surface area (Å²) >= 11 is 0. The zero-order valence-electron chi connectivity index (χ0n) is 15.4. The minimum Gasteiger partial charge on any atom is -0.383 e. The third-order valence-corrected chi connectivity index (χ3v) is 4.74. The van der Waals surface area contributed by atoms with Crippen LogP contribution in [0.2, 0.25) is 0 Å². The Morgan fingerprint density at radius 1 is 1.12 bits per heavy atom. The quantitative estimate of drug-likeness (QED) is 0.653. The molecule has 3 heterocycles. The molecular weight excluding hydrogens is 324 g/mol. The van der Waals surface area contributed by atoms with Crippen molar-refractivity contribution in [2.45, 2.75) is 46.0 Å². The molecule has 0 radical (unpaired) electrons. The summed E-state index contributed by atoms with van der Waals surface area (Å²) in [4.78, 5) is 17.3. The lowest BCUT2D eigenvalue weighted by Gasteiger charge is -2.12. The summed E-state index contributed by atoms with van der Waals surface area (Å²) in [7, 11) is 0. The van der Waals surface area contributed by atoms with E-state index in [1.54, 1.807) is 6.20 Å². The molecule has 0 aliphatic carbocycles. The maximum Gasteiger partial charge on any atom is 0.263 e. The highest BCUT2D eigenvalue weighted by molar-refractivity contribution is 5.72. The van der Waals surface area contributed by atoms with Gasteiger partial charge in [0.05, 0.1) is 5.69 Å². The van der Waals surface area contributed by atoms with Gasteiger partial charge in [0.15, 0.2) is 0 Å². The average molecular weight is 349 g/mol. The van der Waals surface area contributed by atoms with Gasteiger partial charge in [-0.25, -0.2) is 9.97 Å². The van der Waals surface area contributed by atoms with Gasteiger partial charge in [-0.3, -0.25) is 9.38 Å². The summed E-state index contributed by atoms with van der Waals surface area (Å²) in [6.45, 7) is 10.1. The van der Waals surface area contributed by atoms with E-state index in [2.05, 4.69) is 26.7 Å². The first-order chi connectivity index (χ1) is 12.6. The minimum absolute atomic E-state index is 0.592. The van der Waals surface area contributed by atoms with Crippen LogP contribution in [-0.2, 0) is 6.42 Å². The van der Waals surface area contributed by atoms with Crippen LogP contribution in [0.3, 0.4) is 0 Å². The third kappa shape index (κ3) is 3.52. The largest absolute Gasteiger partial charge is 0.383 e. The predicted molar refractivity (Wildman–Crippen MR) is 105 cm³/mol. The summed E-state index contributed by atoms with van der Waals surface area (Å²) in [5, 5.41) is 0. The zero-order valence-corrected chi connectivity index (χ0v) is 15.4. The number of nitrogens with two attached hydrogens (primary N) is 1. The van der Waals surface area contributed by atoms with Crippen LogP contribution in [-0.4, -0.2) is 25.9 Å². The van der Waals surface area contributed by atoms with Crippen molar-refractivity contribution >= 4 is 11.6 Å². The number of aryl methyl sites for hydroxylation is 2. The van der Waals surface area contributed by atoms with Crippen LogP contribution >= 0.6 is 0 Å². The molecule has 0 aromatic carbocycles. The van der Waals surface area contributed by atoms with Gasteiger partial charge in [0.1, 0.15) is 11.5 Å². The summed E-state index contributed by atoms with van der Waals surface area (Å²) < 4.78 is 1.94. The smallest absolute Gasteiger partial charge is 0.263 e. The molecule has 0 saturated carbocycles. The van der Waals surface area contributed by atoms with E-state index >= 15 is 0 Å². The van der Waals surface area contributed by atoms with E-state index in [1.165, 1.54) is 5.56 Å². The highest BCUT2D eigenvalue weighted by atomic mass is 15.2. The van der Waals surface area contributed by atoms with E-state index in [-0.39, 0.29) is 0 Å². The number of aromatic nitrogens is 4. The predicted octanol–water partition coefficient (Wildman–Crippen LogP) is 4.06. The molecule has 0 spiro atoms. The van der Waals surface area contributed by atoms with Crippen molar-refractivity contribution in [1.82, 2.24) is 19.4 Å². The summed E-state index contributed by atoms with van der Waals surface area (Å²) in [5.41, 5.74) is 11.2. The van der Waals surface area contributed by atoms with E-state index in [9.17, 15) is 0 Å². The Hall–Kier alpha value is -2.94. The normalized spacial score (nSPS) is 11.0. The summed E-state index contributed by atoms with van der Waals surface area (Å²) in [5.74, 6) is 1.22. The van der Waals surface area contributed by atoms with Gasteiger partial charge in [0.2, 0.25) is 5.78 Å². The van der Waals surface area contributed by atoms with E-state index < -0.39 is 0 Å². The van der Waals surface area contributed by atoms with Crippen molar-refractivity contribution in [2.75, 3.05) is 12.3 Å². The average Bonchev–Trinajstić information content (AvgIpc) is 2.97. The molecule has 0 bridgehead atoms. The number of pyridine rings is 1. The Bertz CT molecular complexity index is 937. The maximum atomic E-state index is 6.40. The number of nitrogen functional groups attached to an aromatic ring is 1. The van der Waals surface area contributed by atoms with E-state index in [4.69, 9.17) is 12.3 Å². The second-order valence-electron chi connectivity index (χ2n) is 6.53. The number of rotatable bonds is 7. The second-order valence-corrected chi connectivity index (χ2v) is 6.53. The lowest BCUT2D eigenvalue weighted by molar-refractivity contribution is 0.655. The van der Waals surface area contributed by atoms with Gasteiger partial charge in [-0.1, -0.05) is 17.3 Å². The van der Waals surface area contributed by atoms with Crippen molar-refractivity contribution in [3.8, 4) is 18.0 Å². The number of imidazole rings is 1. The Morgan fingerprint density at radius 3 is 2.65 bits per heavy atom. The van der Waals surface area contributed by atoms with Gasteiger partial charge in [0.25, 0.3) is 13.1 Å². The fraction of sp³-hybridized carbons (Fsp3) is 0.400. The van der Waals surface area contributed by atoms with Crippen molar-refractivity contribution in [2.24, 2.45) is 0 Å². The maximum absolute atomic E-state index is 6.40. The Kier molecular flexibility index (Phi) is 5.47. The molecule has 6 heteroatoms. The van der Waals surface area contributed by atoms with Crippen molar-refractivity contribution in [3.05, 3.63) is 46.2 Å². The topological polar surface area (TPSA) is 73.5 Å². The van der Waals surface area contributed by atoms with Gasteiger partial charge >= 0.3 is 0 Å². The minimum atomic E-state index is 0.592. The number of fused-ring (bicyclic) bond motifs is 1. The van der Waals surface area contributed by atoms with Crippen molar-refractivity contribution in [3.63, 3.8) is 0 Å². The molecule has 3 aromatic rings. The van der Waals surface area contributed by atoms with Crippen LogP contribution < -0.4 is 5.73 Å². The van der Waals surface area contributed by atoms with Crippen LogP contribution in [0.15, 0.2) is 24.4 Å². The highest BCUT2D eigenvalue weighted by Crippen LogP contribution is 2.27. The van der Waals surface area contributed by atoms with Gasteiger partial charge < -0.3 is 5.73 Å². The second kappa shape index (κ2) is 7.96. The molecule has 0 aliphatic rings. The monoisotopic (exact) mass is 349 g/mol. The van der Waals surface area contributed by atoms with E-state index in [0.717, 1.165) is 55.7 Å². The molecular formula is C20H25N6+. The van der Waals surface area contributed by atoms with Gasteiger partial charge in [-0.05, 0) is 50.8 Å². The van der Waals surface area contributed by atoms with E-state index in [0.29, 0.717) is 17.3 Å². The number of anilines is 1. The molecule has 0 saturated heterocycles. The first-order valence-electron chi connectivity index (χ1n) is 9.05. The van der Waals surface area contributed by atoms with Gasteiger partial charge in [0, 0.05) is 24.0 Å². The molecule has 0 aliphatic heterocycles. The molecule has 3 rings (SSSR count). The highest BCUT2D eigenvalue weighted by Gasteiger charge is 2.18. The Balaban J connectivity index is 1.87. The van der Waals surface area contributed by atoms with Crippen LogP contribution in [0, 0.1) is 20.4 Å². The van der Waals surface area contributed by atoms with Gasteiger partial charge in [-0.15, -0.1) is 0 Å². The molecule has 0 fully saturated rings. The van der Waals surface area contributed by atoms with Crippen molar-refractivity contribution in [1.29, 1.82) is 0 Å². The molecule has 0 atom stereocenters. The standard InChI is InChI=1S/C20H25N6/c1-14-16(10-6-4-5-8-12-22-3)15(2)26-19(21)18(25-20(26)24-14)17-11-7-9-13-23-17/h3,7,9,11,13H,4-6,8,10,12,21H2,1-2H3/q+1. The Morgan fingerprint density at radius 2 is 1.92 bits per heavy atom.